The first-order chi connectivity index (χ1) is 13.9. The van der Waals surface area contributed by atoms with E-state index in [1.165, 1.54) is 11.8 Å². The van der Waals surface area contributed by atoms with Crippen molar-refractivity contribution in [2.24, 2.45) is 0 Å². The summed E-state index contributed by atoms with van der Waals surface area (Å²) in [6.07, 6.45) is 0.915. The molecule has 0 heterocycles. The van der Waals surface area contributed by atoms with Gasteiger partial charge in [-0.25, -0.2) is 4.79 Å². The lowest BCUT2D eigenvalue weighted by Gasteiger charge is -2.23. The minimum absolute atomic E-state index is 0.105. The Kier molecular flexibility index (Phi) is 7.95. The molecule has 2 aromatic carbocycles. The molecule has 6 nitrogen and oxygen atoms in total. The molecule has 0 bridgehead atoms. The molecule has 2 aromatic rings. The fourth-order valence-corrected chi connectivity index (χ4v) is 3.16. The highest BCUT2D eigenvalue weighted by Gasteiger charge is 2.21. The second kappa shape index (κ2) is 10.4. The SMILES string of the molecule is CCOC(=O)c1ccccc1N(CCC(=O)Nc1c(C)cccc1CC)C(C)=O. The molecule has 6 heteroatoms. The van der Waals surface area contributed by atoms with Gasteiger partial charge in [0.1, 0.15) is 0 Å². The Labute approximate surface area is 171 Å². The monoisotopic (exact) mass is 396 g/mol. The zero-order valence-corrected chi connectivity index (χ0v) is 17.5. The van der Waals surface area contributed by atoms with Crippen LogP contribution in [-0.4, -0.2) is 30.9 Å². The maximum atomic E-state index is 12.6. The number of hydrogen-bond acceptors (Lipinski definition) is 4. The lowest BCUT2D eigenvalue weighted by Crippen LogP contribution is -2.33. The van der Waals surface area contributed by atoms with Gasteiger partial charge in [-0.05, 0) is 43.5 Å². The number of rotatable bonds is 8. The van der Waals surface area contributed by atoms with Crippen LogP contribution in [0.4, 0.5) is 11.4 Å². The second-order valence-electron chi connectivity index (χ2n) is 6.67. The van der Waals surface area contributed by atoms with E-state index in [0.717, 1.165) is 23.2 Å². The molecule has 2 amide bonds. The molecule has 0 saturated carbocycles. The van der Waals surface area contributed by atoms with Gasteiger partial charge in [-0.1, -0.05) is 37.3 Å². The van der Waals surface area contributed by atoms with Crippen LogP contribution in [0.2, 0.25) is 0 Å². The highest BCUT2D eigenvalue weighted by Crippen LogP contribution is 2.23. The Morgan fingerprint density at radius 1 is 1.03 bits per heavy atom. The number of carbonyl (C=O) groups excluding carboxylic acids is 3. The molecule has 2 rings (SSSR count). The predicted octanol–water partition coefficient (Wildman–Crippen LogP) is 4.12. The zero-order valence-electron chi connectivity index (χ0n) is 17.5. The number of esters is 1. The molecule has 0 aromatic heterocycles. The number of nitrogens with zero attached hydrogens (tertiary/aromatic N) is 1. The van der Waals surface area contributed by atoms with Crippen LogP contribution < -0.4 is 10.2 Å². The van der Waals surface area contributed by atoms with Crippen LogP contribution in [0.25, 0.3) is 0 Å². The molecule has 0 spiro atoms. The molecule has 0 saturated heterocycles. The van der Waals surface area contributed by atoms with Crippen LogP contribution in [0.15, 0.2) is 42.5 Å². The summed E-state index contributed by atoms with van der Waals surface area (Å²) in [6.45, 7) is 7.53. The van der Waals surface area contributed by atoms with Gasteiger partial charge in [-0.15, -0.1) is 0 Å². The van der Waals surface area contributed by atoms with Gasteiger partial charge in [0.2, 0.25) is 11.8 Å². The molecule has 0 aliphatic carbocycles. The second-order valence-corrected chi connectivity index (χ2v) is 6.67. The topological polar surface area (TPSA) is 75.7 Å². The number of para-hydroxylation sites is 2. The third-order valence-corrected chi connectivity index (χ3v) is 4.64. The number of amides is 2. The minimum Gasteiger partial charge on any atom is -0.462 e. The van der Waals surface area contributed by atoms with Gasteiger partial charge in [0.05, 0.1) is 17.9 Å². The first kappa shape index (κ1) is 22.1. The zero-order chi connectivity index (χ0) is 21.4. The van der Waals surface area contributed by atoms with Crippen molar-refractivity contribution in [1.82, 2.24) is 0 Å². The number of benzene rings is 2. The summed E-state index contributed by atoms with van der Waals surface area (Å²) in [5.74, 6) is -0.931. The molecule has 0 unspecified atom stereocenters. The van der Waals surface area contributed by atoms with Gasteiger partial charge >= 0.3 is 5.97 Å². The van der Waals surface area contributed by atoms with Crippen molar-refractivity contribution in [3.63, 3.8) is 0 Å². The lowest BCUT2D eigenvalue weighted by atomic mass is 10.1. The van der Waals surface area contributed by atoms with Crippen molar-refractivity contribution in [3.05, 3.63) is 59.2 Å². The highest BCUT2D eigenvalue weighted by molar-refractivity contribution is 6.02. The van der Waals surface area contributed by atoms with E-state index in [9.17, 15) is 14.4 Å². The largest absolute Gasteiger partial charge is 0.462 e. The number of nitrogens with one attached hydrogen (secondary N) is 1. The Morgan fingerprint density at radius 3 is 2.41 bits per heavy atom. The van der Waals surface area contributed by atoms with E-state index in [4.69, 9.17) is 4.74 Å². The number of carbonyl (C=O) groups is 3. The van der Waals surface area contributed by atoms with Gasteiger partial charge in [-0.3, -0.25) is 9.59 Å². The van der Waals surface area contributed by atoms with Crippen LogP contribution in [0.3, 0.4) is 0 Å². The summed E-state index contributed by atoms with van der Waals surface area (Å²) in [5, 5.41) is 2.96. The van der Waals surface area contributed by atoms with E-state index in [0.29, 0.717) is 11.3 Å². The van der Waals surface area contributed by atoms with E-state index < -0.39 is 5.97 Å². The van der Waals surface area contributed by atoms with Crippen molar-refractivity contribution in [2.45, 2.75) is 40.5 Å². The molecular formula is C23H28N2O4. The fraction of sp³-hybridized carbons (Fsp3) is 0.348. The number of anilines is 2. The first-order valence-corrected chi connectivity index (χ1v) is 9.81. The number of hydrogen-bond donors (Lipinski definition) is 1. The van der Waals surface area contributed by atoms with Crippen LogP contribution in [0.1, 0.15) is 48.7 Å². The maximum Gasteiger partial charge on any atom is 0.340 e. The Morgan fingerprint density at radius 2 is 1.76 bits per heavy atom. The van der Waals surface area contributed by atoms with Gasteiger partial charge in [-0.2, -0.15) is 0 Å². The van der Waals surface area contributed by atoms with Crippen LogP contribution in [0.5, 0.6) is 0 Å². The summed E-state index contributed by atoms with van der Waals surface area (Å²) in [7, 11) is 0. The summed E-state index contributed by atoms with van der Waals surface area (Å²) < 4.78 is 5.09. The molecule has 0 radical (unpaired) electrons. The third-order valence-electron chi connectivity index (χ3n) is 4.64. The molecule has 0 fully saturated rings. The Balaban J connectivity index is 2.16. The van der Waals surface area contributed by atoms with Crippen LogP contribution in [0, 0.1) is 6.92 Å². The molecule has 0 atom stereocenters. The van der Waals surface area contributed by atoms with Gasteiger partial charge in [0.25, 0.3) is 0 Å². The van der Waals surface area contributed by atoms with E-state index in [1.807, 2.05) is 32.0 Å². The van der Waals surface area contributed by atoms with E-state index in [-0.39, 0.29) is 31.4 Å². The smallest absolute Gasteiger partial charge is 0.340 e. The van der Waals surface area contributed by atoms with Crippen molar-refractivity contribution in [1.29, 1.82) is 0 Å². The summed E-state index contributed by atoms with van der Waals surface area (Å²) in [5.41, 5.74) is 3.62. The van der Waals surface area contributed by atoms with E-state index in [2.05, 4.69) is 5.32 Å². The van der Waals surface area contributed by atoms with Gasteiger partial charge in [0.15, 0.2) is 0 Å². The van der Waals surface area contributed by atoms with Crippen LogP contribution >= 0.6 is 0 Å². The highest BCUT2D eigenvalue weighted by atomic mass is 16.5. The fourth-order valence-electron chi connectivity index (χ4n) is 3.16. The lowest BCUT2D eigenvalue weighted by molar-refractivity contribution is -0.117. The van der Waals surface area contributed by atoms with Crippen molar-refractivity contribution in [2.75, 3.05) is 23.4 Å². The molecular weight excluding hydrogens is 368 g/mol. The van der Waals surface area contributed by atoms with Gasteiger partial charge < -0.3 is 15.0 Å². The predicted molar refractivity (Wildman–Crippen MR) is 114 cm³/mol. The maximum absolute atomic E-state index is 12.6. The van der Waals surface area contributed by atoms with Crippen LogP contribution in [-0.2, 0) is 20.7 Å². The minimum atomic E-state index is -0.494. The van der Waals surface area contributed by atoms with E-state index in [1.54, 1.807) is 31.2 Å². The Bertz CT molecular complexity index is 892. The number of ether oxygens (including phenoxy) is 1. The molecule has 154 valence electrons. The van der Waals surface area contributed by atoms with Crippen molar-refractivity contribution >= 4 is 29.2 Å². The molecule has 1 N–H and O–H groups in total. The van der Waals surface area contributed by atoms with Crippen molar-refractivity contribution in [3.8, 4) is 0 Å². The Hall–Kier alpha value is -3.15. The van der Waals surface area contributed by atoms with Gasteiger partial charge in [0, 0.05) is 25.6 Å². The first-order valence-electron chi connectivity index (χ1n) is 9.81. The average molecular weight is 396 g/mol. The van der Waals surface area contributed by atoms with E-state index >= 15 is 0 Å². The third kappa shape index (κ3) is 5.67. The summed E-state index contributed by atoms with van der Waals surface area (Å²) >= 11 is 0. The molecule has 29 heavy (non-hydrogen) atoms. The molecule has 0 aliphatic heterocycles. The summed E-state index contributed by atoms with van der Waals surface area (Å²) in [6, 6.07) is 12.7. The number of aryl methyl sites for hydroxylation is 2. The average Bonchev–Trinajstić information content (AvgIpc) is 2.70. The van der Waals surface area contributed by atoms with Crippen molar-refractivity contribution < 1.29 is 19.1 Å². The standard InChI is InChI=1S/C23H28N2O4/c1-5-18-11-9-10-16(3)22(18)24-21(27)14-15-25(17(4)26)20-13-8-7-12-19(20)23(28)29-6-2/h7-13H,5-6,14-15H2,1-4H3,(H,24,27). The normalized spacial score (nSPS) is 10.3. The summed E-state index contributed by atoms with van der Waals surface area (Å²) in [4.78, 5) is 38.5. The molecule has 0 aliphatic rings. The quantitative estimate of drug-likeness (QED) is 0.681.